The van der Waals surface area contributed by atoms with Gasteiger partial charge in [-0.1, -0.05) is 48.5 Å². The van der Waals surface area contributed by atoms with Crippen LogP contribution in [0.4, 0.5) is 0 Å². The van der Waals surface area contributed by atoms with Crippen LogP contribution in [-0.2, 0) is 34.3 Å². The molecule has 11 heteroatoms. The van der Waals surface area contributed by atoms with Gasteiger partial charge < -0.3 is 29.5 Å². The van der Waals surface area contributed by atoms with Gasteiger partial charge in [-0.2, -0.15) is 0 Å². The van der Waals surface area contributed by atoms with Gasteiger partial charge in [-0.15, -0.1) is 6.58 Å². The van der Waals surface area contributed by atoms with E-state index in [2.05, 4.69) is 33.7 Å². The molecule has 2 atom stereocenters. The number of likely N-dealkylation sites (N-methyl/N-ethyl adjacent to an activating group) is 1. The number of piperazine rings is 1. The normalized spacial score (nSPS) is 18.7. The van der Waals surface area contributed by atoms with E-state index in [0.717, 1.165) is 33.2 Å². The second-order valence-electron chi connectivity index (χ2n) is 12.4. The largest absolute Gasteiger partial charge is 0.508 e. The number of aromatic nitrogens is 1. The highest BCUT2D eigenvalue weighted by atomic mass is 16.5. The van der Waals surface area contributed by atoms with Gasteiger partial charge in [-0.3, -0.25) is 14.4 Å². The van der Waals surface area contributed by atoms with E-state index in [0.29, 0.717) is 44.8 Å². The van der Waals surface area contributed by atoms with Crippen molar-refractivity contribution in [1.82, 2.24) is 29.7 Å². The van der Waals surface area contributed by atoms with E-state index in [4.69, 9.17) is 4.74 Å². The molecule has 3 heterocycles. The predicted octanol–water partition coefficient (Wildman–Crippen LogP) is 3.38. The van der Waals surface area contributed by atoms with Crippen molar-refractivity contribution in [2.75, 3.05) is 46.9 Å². The Balaban J connectivity index is 1.30. The third-order valence-corrected chi connectivity index (χ3v) is 9.32. The standard InChI is InChI=1S/C37H42N6O5/c1-5-18-42-24-34(45)43-32(20-25-9-15-29(44)16-10-25)37(47)41(23-33(43)40(42)3)21-28-7-6-8-30-31(22-39(2)35(28)30)26-11-13-27(14-12-26)36(46)38-17-19-48-4/h5-16,22,32-33,44H,1,17-21,23-24H2,2-4H3,(H,38,46)/t32-,33+/m0/s1. The Morgan fingerprint density at radius 3 is 2.52 bits per heavy atom. The van der Waals surface area contributed by atoms with Crippen LogP contribution in [0.15, 0.2) is 85.6 Å². The quantitative estimate of drug-likeness (QED) is 0.189. The molecule has 0 saturated carbocycles. The molecule has 6 rings (SSSR count). The van der Waals surface area contributed by atoms with Crippen LogP contribution in [0.1, 0.15) is 21.5 Å². The number of phenolic OH excluding ortho intramolecular Hbond substituents is 1. The summed E-state index contributed by atoms with van der Waals surface area (Å²) in [6.07, 6.45) is 3.85. The summed E-state index contributed by atoms with van der Waals surface area (Å²) in [4.78, 5) is 44.0. The first-order valence-electron chi connectivity index (χ1n) is 16.1. The second-order valence-corrected chi connectivity index (χ2v) is 12.4. The Hall–Kier alpha value is -4.97. The van der Waals surface area contributed by atoms with Crippen molar-refractivity contribution in [2.45, 2.75) is 25.2 Å². The Labute approximate surface area is 280 Å². The van der Waals surface area contributed by atoms with Gasteiger partial charge in [-0.25, -0.2) is 10.0 Å². The van der Waals surface area contributed by atoms with E-state index in [1.165, 1.54) is 0 Å². The van der Waals surface area contributed by atoms with Gasteiger partial charge >= 0.3 is 0 Å². The third-order valence-electron chi connectivity index (χ3n) is 9.32. The summed E-state index contributed by atoms with van der Waals surface area (Å²) >= 11 is 0. The van der Waals surface area contributed by atoms with Crippen LogP contribution >= 0.6 is 0 Å². The SMILES string of the molecule is C=CCN1CC(=O)N2[C@@H](Cc3ccc(O)cc3)C(=O)N(Cc3cccc4c(-c5ccc(C(=O)NCCOC)cc5)cn(C)c34)C[C@@H]2N1C. The van der Waals surface area contributed by atoms with Crippen LogP contribution in [0.25, 0.3) is 22.0 Å². The van der Waals surface area contributed by atoms with Crippen molar-refractivity contribution in [3.63, 3.8) is 0 Å². The van der Waals surface area contributed by atoms with Crippen LogP contribution in [0, 0.1) is 0 Å². The van der Waals surface area contributed by atoms with Crippen molar-refractivity contribution in [1.29, 1.82) is 0 Å². The Morgan fingerprint density at radius 2 is 1.81 bits per heavy atom. The average molecular weight is 651 g/mol. The number of hydrogen-bond donors (Lipinski definition) is 2. The van der Waals surface area contributed by atoms with Crippen LogP contribution in [0.2, 0.25) is 0 Å². The number of nitrogens with zero attached hydrogens (tertiary/aromatic N) is 5. The highest BCUT2D eigenvalue weighted by Gasteiger charge is 2.48. The minimum Gasteiger partial charge on any atom is -0.508 e. The first kappa shape index (κ1) is 33.0. The zero-order chi connectivity index (χ0) is 33.9. The van der Waals surface area contributed by atoms with Crippen molar-refractivity contribution < 1.29 is 24.2 Å². The maximum atomic E-state index is 14.3. The molecule has 1 aromatic heterocycles. The number of benzene rings is 3. The van der Waals surface area contributed by atoms with E-state index < -0.39 is 6.04 Å². The number of carbonyl (C=O) groups is 3. The summed E-state index contributed by atoms with van der Waals surface area (Å²) in [6.45, 7) is 6.17. The first-order valence-corrected chi connectivity index (χ1v) is 16.1. The number of methoxy groups -OCH3 is 1. The van der Waals surface area contributed by atoms with E-state index in [-0.39, 0.29) is 36.2 Å². The van der Waals surface area contributed by atoms with Crippen LogP contribution in [0.3, 0.4) is 0 Å². The van der Waals surface area contributed by atoms with Gasteiger partial charge in [0.25, 0.3) is 5.91 Å². The molecular weight excluding hydrogens is 608 g/mol. The van der Waals surface area contributed by atoms with Gasteiger partial charge in [0, 0.05) is 70.0 Å². The predicted molar refractivity (Wildman–Crippen MR) is 184 cm³/mol. The smallest absolute Gasteiger partial charge is 0.251 e. The molecule has 0 bridgehead atoms. The molecule has 0 unspecified atom stereocenters. The van der Waals surface area contributed by atoms with Crippen LogP contribution < -0.4 is 5.32 Å². The van der Waals surface area contributed by atoms with Crippen molar-refractivity contribution >= 4 is 28.6 Å². The molecule has 11 nitrogen and oxygen atoms in total. The first-order chi connectivity index (χ1) is 23.2. The van der Waals surface area contributed by atoms with Gasteiger partial charge in [0.05, 0.1) is 25.2 Å². The fraction of sp³-hybridized carbons (Fsp3) is 0.324. The maximum absolute atomic E-state index is 14.3. The number of aromatic hydroxyl groups is 1. The molecular formula is C37H42N6O5. The van der Waals surface area contributed by atoms with Crippen LogP contribution in [0.5, 0.6) is 5.75 Å². The Kier molecular flexibility index (Phi) is 9.63. The van der Waals surface area contributed by atoms with Gasteiger partial charge in [0.15, 0.2) is 0 Å². The van der Waals surface area contributed by atoms with E-state index in [1.807, 2.05) is 60.4 Å². The summed E-state index contributed by atoms with van der Waals surface area (Å²) in [5, 5.41) is 17.7. The van der Waals surface area contributed by atoms with Crippen molar-refractivity contribution in [3.05, 3.63) is 102 Å². The molecule has 3 aromatic carbocycles. The summed E-state index contributed by atoms with van der Waals surface area (Å²) < 4.78 is 7.11. The molecule has 2 N–H and O–H groups in total. The molecule has 0 radical (unpaired) electrons. The van der Waals surface area contributed by atoms with E-state index in [9.17, 15) is 19.5 Å². The zero-order valence-electron chi connectivity index (χ0n) is 27.6. The zero-order valence-corrected chi connectivity index (χ0v) is 27.6. The van der Waals surface area contributed by atoms with E-state index in [1.54, 1.807) is 42.4 Å². The fourth-order valence-corrected chi connectivity index (χ4v) is 6.90. The number of para-hydroxylation sites is 1. The Bertz CT molecular complexity index is 1820. The number of fused-ring (bicyclic) bond motifs is 2. The number of aryl methyl sites for hydroxylation is 1. The lowest BCUT2D eigenvalue weighted by molar-refractivity contribution is -0.196. The van der Waals surface area contributed by atoms with Gasteiger partial charge in [0.2, 0.25) is 11.8 Å². The number of hydrogen-bond acceptors (Lipinski definition) is 7. The van der Waals surface area contributed by atoms with Gasteiger partial charge in [0.1, 0.15) is 18.0 Å². The highest BCUT2D eigenvalue weighted by Crippen LogP contribution is 2.34. The fourth-order valence-electron chi connectivity index (χ4n) is 6.90. The minimum atomic E-state index is -0.692. The molecule has 2 aliphatic rings. The maximum Gasteiger partial charge on any atom is 0.251 e. The molecule has 4 aromatic rings. The monoisotopic (exact) mass is 650 g/mol. The summed E-state index contributed by atoms with van der Waals surface area (Å²) in [6, 6.07) is 19.8. The number of hydrazine groups is 1. The summed E-state index contributed by atoms with van der Waals surface area (Å²) in [5.41, 5.74) is 5.46. The minimum absolute atomic E-state index is 0.0932. The van der Waals surface area contributed by atoms with E-state index >= 15 is 0 Å². The lowest BCUT2D eigenvalue weighted by Crippen LogP contribution is -2.74. The topological polar surface area (TPSA) is 111 Å². The Morgan fingerprint density at radius 1 is 1.06 bits per heavy atom. The number of phenols is 1. The highest BCUT2D eigenvalue weighted by molar-refractivity contribution is 5.99. The number of rotatable bonds is 11. The molecule has 0 spiro atoms. The van der Waals surface area contributed by atoms with Crippen LogP contribution in [-0.4, -0.2) is 106 Å². The van der Waals surface area contributed by atoms with Crippen molar-refractivity contribution in [2.24, 2.45) is 7.05 Å². The molecule has 250 valence electrons. The summed E-state index contributed by atoms with van der Waals surface area (Å²) in [7, 11) is 5.55. The molecule has 2 aliphatic heterocycles. The third kappa shape index (κ3) is 6.44. The number of amides is 3. The molecule has 3 amide bonds. The molecule has 2 saturated heterocycles. The molecule has 0 aliphatic carbocycles. The number of nitrogens with one attached hydrogen (secondary N) is 1. The second kappa shape index (κ2) is 14.0. The molecule has 2 fully saturated rings. The lowest BCUT2D eigenvalue weighted by atomic mass is 9.97. The lowest BCUT2D eigenvalue weighted by Gasteiger charge is -2.54. The average Bonchev–Trinajstić information content (AvgIpc) is 3.43. The number of ether oxygens (including phenoxy) is 1. The summed E-state index contributed by atoms with van der Waals surface area (Å²) in [5.74, 6) is -0.199. The van der Waals surface area contributed by atoms with Crippen molar-refractivity contribution in [3.8, 4) is 16.9 Å². The number of carbonyl (C=O) groups excluding carboxylic acids is 3. The molecule has 48 heavy (non-hydrogen) atoms. The van der Waals surface area contributed by atoms with Gasteiger partial charge in [-0.05, 0) is 41.0 Å².